The molecule has 1 aromatic rings. The third kappa shape index (κ3) is 2.50. The normalized spacial score (nSPS) is 29.2. The molecule has 0 spiro atoms. The van der Waals surface area contributed by atoms with Crippen molar-refractivity contribution in [2.45, 2.75) is 37.8 Å². The van der Waals surface area contributed by atoms with E-state index in [0.29, 0.717) is 6.04 Å². The Bertz CT molecular complexity index is 365. The maximum atomic E-state index is 13.0. The van der Waals surface area contributed by atoms with E-state index in [9.17, 15) is 4.39 Å². The minimum absolute atomic E-state index is 0.194. The summed E-state index contributed by atoms with van der Waals surface area (Å²) in [6, 6.07) is 7.19. The summed E-state index contributed by atoms with van der Waals surface area (Å²) in [4.78, 5) is 0. The Hall–Kier alpha value is -0.930. The molecule has 2 rings (SSSR count). The van der Waals surface area contributed by atoms with Gasteiger partial charge in [-0.1, -0.05) is 19.1 Å². The lowest BCUT2D eigenvalue weighted by Crippen LogP contribution is -2.44. The van der Waals surface area contributed by atoms with Gasteiger partial charge in [0.2, 0.25) is 0 Å². The highest BCUT2D eigenvalue weighted by Crippen LogP contribution is 2.38. The number of benzene rings is 1. The molecule has 3 heteroatoms. The third-order valence-corrected chi connectivity index (χ3v) is 3.77. The molecule has 1 fully saturated rings. The van der Waals surface area contributed by atoms with E-state index in [2.05, 4.69) is 12.2 Å². The topological polar surface area (TPSA) is 21.3 Å². The minimum atomic E-state index is -0.250. The van der Waals surface area contributed by atoms with Gasteiger partial charge in [-0.15, -0.1) is 0 Å². The van der Waals surface area contributed by atoms with Crippen molar-refractivity contribution in [3.05, 3.63) is 35.6 Å². The second-order valence-electron chi connectivity index (χ2n) is 4.68. The first-order valence-corrected chi connectivity index (χ1v) is 6.27. The predicted molar refractivity (Wildman–Crippen MR) is 66.4 cm³/mol. The molecule has 1 aliphatic rings. The van der Waals surface area contributed by atoms with Crippen LogP contribution in [0.25, 0.3) is 0 Å². The maximum absolute atomic E-state index is 13.0. The molecule has 0 bridgehead atoms. The lowest BCUT2D eigenvalue weighted by molar-refractivity contribution is -0.0961. The van der Waals surface area contributed by atoms with E-state index >= 15 is 0 Å². The number of rotatable bonds is 3. The molecule has 2 unspecified atom stereocenters. The molecule has 0 amide bonds. The van der Waals surface area contributed by atoms with Crippen LogP contribution in [0.5, 0.6) is 0 Å². The number of halogens is 1. The summed E-state index contributed by atoms with van der Waals surface area (Å²) in [5.74, 6) is -0.194. The standard InChI is InChI=1S/C14H20FNO/c1-3-14(10-13(16-2)8-9-17-14)11-4-6-12(15)7-5-11/h4-7,13,16H,3,8-10H2,1-2H3. The summed E-state index contributed by atoms with van der Waals surface area (Å²) in [7, 11) is 1.99. The highest BCUT2D eigenvalue weighted by Gasteiger charge is 2.37. The average Bonchev–Trinajstić information content (AvgIpc) is 2.39. The van der Waals surface area contributed by atoms with Gasteiger partial charge in [0, 0.05) is 12.6 Å². The lowest BCUT2D eigenvalue weighted by atomic mass is 9.82. The molecule has 1 aromatic carbocycles. The van der Waals surface area contributed by atoms with Gasteiger partial charge in [-0.05, 0) is 44.0 Å². The van der Waals surface area contributed by atoms with E-state index in [4.69, 9.17) is 4.74 Å². The Kier molecular flexibility index (Phi) is 3.79. The van der Waals surface area contributed by atoms with Crippen LogP contribution in [0.3, 0.4) is 0 Å². The molecule has 2 nitrogen and oxygen atoms in total. The third-order valence-electron chi connectivity index (χ3n) is 3.77. The number of ether oxygens (including phenoxy) is 1. The fourth-order valence-electron chi connectivity index (χ4n) is 2.61. The summed E-state index contributed by atoms with van der Waals surface area (Å²) in [6.45, 7) is 2.89. The van der Waals surface area contributed by atoms with Crippen LogP contribution in [0.1, 0.15) is 31.7 Å². The Morgan fingerprint density at radius 1 is 1.41 bits per heavy atom. The van der Waals surface area contributed by atoms with Crippen molar-refractivity contribution in [2.24, 2.45) is 0 Å². The molecule has 1 saturated heterocycles. The van der Waals surface area contributed by atoms with Crippen LogP contribution in [0.15, 0.2) is 24.3 Å². The highest BCUT2D eigenvalue weighted by molar-refractivity contribution is 5.24. The summed E-state index contributed by atoms with van der Waals surface area (Å²) >= 11 is 0. The quantitative estimate of drug-likeness (QED) is 0.872. The molecule has 0 aliphatic carbocycles. The Labute approximate surface area is 102 Å². The first-order valence-electron chi connectivity index (χ1n) is 6.27. The summed E-state index contributed by atoms with van der Waals surface area (Å²) in [6.07, 6.45) is 2.90. The Balaban J connectivity index is 2.26. The van der Waals surface area contributed by atoms with Gasteiger partial charge >= 0.3 is 0 Å². The fourth-order valence-corrected chi connectivity index (χ4v) is 2.61. The monoisotopic (exact) mass is 237 g/mol. The number of nitrogens with one attached hydrogen (secondary N) is 1. The predicted octanol–water partition coefficient (Wildman–Crippen LogP) is 2.83. The molecule has 17 heavy (non-hydrogen) atoms. The van der Waals surface area contributed by atoms with Gasteiger partial charge in [-0.25, -0.2) is 4.39 Å². The van der Waals surface area contributed by atoms with Crippen LogP contribution in [0.2, 0.25) is 0 Å². The second kappa shape index (κ2) is 5.15. The van der Waals surface area contributed by atoms with E-state index < -0.39 is 0 Å². The fraction of sp³-hybridized carbons (Fsp3) is 0.571. The lowest BCUT2D eigenvalue weighted by Gasteiger charge is -2.41. The molecular formula is C14H20FNO. The van der Waals surface area contributed by atoms with Gasteiger partial charge in [0.25, 0.3) is 0 Å². The summed E-state index contributed by atoms with van der Waals surface area (Å²) in [5, 5.41) is 3.32. The highest BCUT2D eigenvalue weighted by atomic mass is 19.1. The SMILES string of the molecule is CCC1(c2ccc(F)cc2)CC(NC)CCO1. The van der Waals surface area contributed by atoms with Gasteiger partial charge in [0.1, 0.15) is 5.82 Å². The van der Waals surface area contributed by atoms with Crippen molar-refractivity contribution in [1.82, 2.24) is 5.32 Å². The van der Waals surface area contributed by atoms with Crippen LogP contribution in [-0.4, -0.2) is 19.7 Å². The molecule has 0 saturated carbocycles. The zero-order chi connectivity index (χ0) is 12.3. The Morgan fingerprint density at radius 3 is 2.71 bits per heavy atom. The molecule has 1 N–H and O–H groups in total. The van der Waals surface area contributed by atoms with Crippen molar-refractivity contribution in [3.8, 4) is 0 Å². The molecular weight excluding hydrogens is 217 g/mol. The molecule has 2 atom stereocenters. The van der Waals surface area contributed by atoms with E-state index in [1.54, 1.807) is 0 Å². The summed E-state index contributed by atoms with van der Waals surface area (Å²) < 4.78 is 19.0. The van der Waals surface area contributed by atoms with E-state index in [1.807, 2.05) is 19.2 Å². The van der Waals surface area contributed by atoms with Crippen LogP contribution >= 0.6 is 0 Å². The van der Waals surface area contributed by atoms with Crippen molar-refractivity contribution in [3.63, 3.8) is 0 Å². The minimum Gasteiger partial charge on any atom is -0.370 e. The van der Waals surface area contributed by atoms with Crippen molar-refractivity contribution in [2.75, 3.05) is 13.7 Å². The maximum Gasteiger partial charge on any atom is 0.123 e. The van der Waals surface area contributed by atoms with Gasteiger partial charge in [-0.3, -0.25) is 0 Å². The van der Waals surface area contributed by atoms with E-state index in [1.165, 1.54) is 12.1 Å². The van der Waals surface area contributed by atoms with E-state index in [0.717, 1.165) is 31.4 Å². The molecule has 1 aliphatic heterocycles. The number of hydrogen-bond donors (Lipinski definition) is 1. The summed E-state index contributed by atoms with van der Waals surface area (Å²) in [5.41, 5.74) is 0.834. The Morgan fingerprint density at radius 2 is 2.12 bits per heavy atom. The van der Waals surface area contributed by atoms with Crippen molar-refractivity contribution < 1.29 is 9.13 Å². The van der Waals surface area contributed by atoms with Gasteiger partial charge in [0.05, 0.1) is 5.60 Å². The first kappa shape index (κ1) is 12.5. The first-order chi connectivity index (χ1) is 8.20. The van der Waals surface area contributed by atoms with E-state index in [-0.39, 0.29) is 11.4 Å². The van der Waals surface area contributed by atoms with Crippen LogP contribution in [0.4, 0.5) is 4.39 Å². The van der Waals surface area contributed by atoms with Crippen LogP contribution < -0.4 is 5.32 Å². The zero-order valence-corrected chi connectivity index (χ0v) is 10.5. The van der Waals surface area contributed by atoms with Gasteiger partial charge in [-0.2, -0.15) is 0 Å². The smallest absolute Gasteiger partial charge is 0.123 e. The largest absolute Gasteiger partial charge is 0.370 e. The van der Waals surface area contributed by atoms with Crippen molar-refractivity contribution in [1.29, 1.82) is 0 Å². The second-order valence-corrected chi connectivity index (χ2v) is 4.68. The molecule has 94 valence electrons. The van der Waals surface area contributed by atoms with Crippen LogP contribution in [0, 0.1) is 5.82 Å². The zero-order valence-electron chi connectivity index (χ0n) is 10.5. The van der Waals surface area contributed by atoms with Crippen molar-refractivity contribution >= 4 is 0 Å². The van der Waals surface area contributed by atoms with Gasteiger partial charge < -0.3 is 10.1 Å². The molecule has 0 radical (unpaired) electrons. The average molecular weight is 237 g/mol. The van der Waals surface area contributed by atoms with Crippen LogP contribution in [-0.2, 0) is 10.3 Å². The molecule has 0 aromatic heterocycles. The molecule has 1 heterocycles. The van der Waals surface area contributed by atoms with Gasteiger partial charge in [0.15, 0.2) is 0 Å². The number of hydrogen-bond acceptors (Lipinski definition) is 2.